The molecule has 1 unspecified atom stereocenters. The third-order valence-corrected chi connectivity index (χ3v) is 6.74. The first-order valence-electron chi connectivity index (χ1n) is 13.0. The maximum atomic E-state index is 12.6. The highest BCUT2D eigenvalue weighted by molar-refractivity contribution is 5.99. The molecular formula is C30H35N5O4. The minimum Gasteiger partial charge on any atom is -0.457 e. The van der Waals surface area contributed by atoms with Crippen LogP contribution in [0.15, 0.2) is 78.9 Å². The second-order valence-corrected chi connectivity index (χ2v) is 9.75. The van der Waals surface area contributed by atoms with Gasteiger partial charge in [-0.3, -0.25) is 9.59 Å². The maximum Gasteiger partial charge on any atom is 0.323 e. The maximum absolute atomic E-state index is 12.6. The molecule has 0 aliphatic carbocycles. The molecular weight excluding hydrogens is 494 g/mol. The lowest BCUT2D eigenvalue weighted by Gasteiger charge is -2.26. The highest BCUT2D eigenvalue weighted by atomic mass is 16.5. The summed E-state index contributed by atoms with van der Waals surface area (Å²) in [5.74, 6) is 1.37. The molecule has 1 aliphatic rings. The molecule has 0 aromatic heterocycles. The summed E-state index contributed by atoms with van der Waals surface area (Å²) in [6, 6.07) is 24.1. The summed E-state index contributed by atoms with van der Waals surface area (Å²) in [6.45, 7) is 1.55. The second kappa shape index (κ2) is 12.8. The molecule has 1 aliphatic heterocycles. The summed E-state index contributed by atoms with van der Waals surface area (Å²) >= 11 is 0. The van der Waals surface area contributed by atoms with Gasteiger partial charge in [0.05, 0.1) is 6.04 Å². The van der Waals surface area contributed by atoms with Crippen molar-refractivity contribution >= 4 is 34.9 Å². The van der Waals surface area contributed by atoms with Crippen LogP contribution in [0.3, 0.4) is 0 Å². The average molecular weight is 530 g/mol. The molecule has 9 nitrogen and oxygen atoms in total. The lowest BCUT2D eigenvalue weighted by atomic mass is 10.2. The van der Waals surface area contributed by atoms with Crippen LogP contribution in [0.4, 0.5) is 21.9 Å². The molecule has 4 amide bonds. The molecule has 39 heavy (non-hydrogen) atoms. The number of urea groups is 1. The Hall–Kier alpha value is -4.53. The van der Waals surface area contributed by atoms with Crippen LogP contribution in [0.2, 0.25) is 0 Å². The Morgan fingerprint density at radius 3 is 1.97 bits per heavy atom. The van der Waals surface area contributed by atoms with Gasteiger partial charge in [0, 0.05) is 64.1 Å². The van der Waals surface area contributed by atoms with Gasteiger partial charge in [-0.15, -0.1) is 0 Å². The average Bonchev–Trinajstić information content (AvgIpc) is 3.43. The van der Waals surface area contributed by atoms with E-state index in [0.717, 1.165) is 30.9 Å². The van der Waals surface area contributed by atoms with E-state index < -0.39 is 0 Å². The summed E-state index contributed by atoms with van der Waals surface area (Å²) in [5.41, 5.74) is 2.35. The molecule has 9 heteroatoms. The second-order valence-electron chi connectivity index (χ2n) is 9.75. The Balaban J connectivity index is 1.23. The number of carbonyl (C=O) groups is 3. The molecule has 0 spiro atoms. The van der Waals surface area contributed by atoms with Crippen LogP contribution in [-0.4, -0.2) is 67.9 Å². The van der Waals surface area contributed by atoms with Crippen LogP contribution in [0.5, 0.6) is 11.5 Å². The summed E-state index contributed by atoms with van der Waals surface area (Å²) in [5, 5.41) is 5.68. The van der Waals surface area contributed by atoms with Gasteiger partial charge in [-0.1, -0.05) is 18.2 Å². The molecule has 1 atom stereocenters. The first-order chi connectivity index (χ1) is 18.8. The zero-order chi connectivity index (χ0) is 27.8. The number of hydrogen-bond donors (Lipinski definition) is 2. The Morgan fingerprint density at radius 2 is 1.36 bits per heavy atom. The van der Waals surface area contributed by atoms with Gasteiger partial charge in [-0.2, -0.15) is 0 Å². The van der Waals surface area contributed by atoms with Crippen LogP contribution in [-0.2, 0) is 9.59 Å². The Kier molecular flexibility index (Phi) is 9.04. The normalized spacial score (nSPS) is 14.4. The Labute approximate surface area is 229 Å². The smallest absolute Gasteiger partial charge is 0.323 e. The van der Waals surface area contributed by atoms with Gasteiger partial charge in [0.15, 0.2) is 0 Å². The predicted octanol–water partition coefficient (Wildman–Crippen LogP) is 5.03. The zero-order valence-corrected chi connectivity index (χ0v) is 22.6. The van der Waals surface area contributed by atoms with Crippen LogP contribution in [0, 0.1) is 0 Å². The molecule has 204 valence electrons. The topological polar surface area (TPSA) is 94.2 Å². The molecule has 2 N–H and O–H groups in total. The van der Waals surface area contributed by atoms with E-state index in [-0.39, 0.29) is 36.7 Å². The molecule has 4 rings (SSSR count). The van der Waals surface area contributed by atoms with Gasteiger partial charge < -0.3 is 30.1 Å². The van der Waals surface area contributed by atoms with E-state index in [9.17, 15) is 14.4 Å². The van der Waals surface area contributed by atoms with Crippen LogP contribution >= 0.6 is 0 Å². The zero-order valence-electron chi connectivity index (χ0n) is 22.6. The fourth-order valence-electron chi connectivity index (χ4n) is 4.39. The first kappa shape index (κ1) is 27.5. The molecule has 0 radical (unpaired) electrons. The minimum atomic E-state index is -0.339. The van der Waals surface area contributed by atoms with Crippen molar-refractivity contribution in [3.63, 3.8) is 0 Å². The predicted molar refractivity (Wildman–Crippen MR) is 153 cm³/mol. The molecule has 3 aromatic rings. The van der Waals surface area contributed by atoms with E-state index in [1.165, 1.54) is 4.90 Å². The van der Waals surface area contributed by atoms with Crippen molar-refractivity contribution < 1.29 is 19.1 Å². The number of anilines is 3. The van der Waals surface area contributed by atoms with Crippen molar-refractivity contribution in [2.45, 2.75) is 25.3 Å². The SMILES string of the molecule is CN(C)C(=O)CCC(=O)N(C)C1CCN(c2ccc(NC(=O)Nc3ccc(Oc4ccccc4)cc3)cc2)C1. The largest absolute Gasteiger partial charge is 0.457 e. The van der Waals surface area contributed by atoms with Gasteiger partial charge in [0.2, 0.25) is 11.8 Å². The summed E-state index contributed by atoms with van der Waals surface area (Å²) in [4.78, 5) is 42.3. The summed E-state index contributed by atoms with van der Waals surface area (Å²) in [6.07, 6.45) is 1.31. The number of para-hydroxylation sites is 1. The quantitative estimate of drug-likeness (QED) is 0.406. The minimum absolute atomic E-state index is 0.0130. The summed E-state index contributed by atoms with van der Waals surface area (Å²) in [7, 11) is 5.20. The van der Waals surface area contributed by atoms with E-state index in [0.29, 0.717) is 17.1 Å². The van der Waals surface area contributed by atoms with Crippen molar-refractivity contribution in [3.8, 4) is 11.5 Å². The molecule has 1 saturated heterocycles. The number of likely N-dealkylation sites (N-methyl/N-ethyl adjacent to an activating group) is 1. The number of hydrogen-bond acceptors (Lipinski definition) is 5. The van der Waals surface area contributed by atoms with Crippen LogP contribution in [0.1, 0.15) is 19.3 Å². The number of amides is 4. The molecule has 1 fully saturated rings. The van der Waals surface area contributed by atoms with Crippen molar-refractivity contribution in [2.75, 3.05) is 49.8 Å². The van der Waals surface area contributed by atoms with Crippen molar-refractivity contribution in [1.82, 2.24) is 9.80 Å². The molecule has 1 heterocycles. The third kappa shape index (κ3) is 7.73. The standard InChI is InChI=1S/C30H35N5O4/c1-33(2)28(36)17-18-29(37)34(3)25-19-20-35(21-25)24-13-9-22(10-14-24)31-30(38)32-23-11-15-27(16-12-23)39-26-7-5-4-6-8-26/h4-16,25H,17-21H2,1-3H3,(H2,31,32,38). The third-order valence-electron chi connectivity index (χ3n) is 6.74. The van der Waals surface area contributed by atoms with Gasteiger partial charge in [-0.05, 0) is 67.1 Å². The van der Waals surface area contributed by atoms with Crippen molar-refractivity contribution in [2.24, 2.45) is 0 Å². The first-order valence-corrected chi connectivity index (χ1v) is 13.0. The monoisotopic (exact) mass is 529 g/mol. The van der Waals surface area contributed by atoms with Gasteiger partial charge >= 0.3 is 6.03 Å². The van der Waals surface area contributed by atoms with E-state index in [1.807, 2.05) is 61.6 Å². The van der Waals surface area contributed by atoms with Crippen LogP contribution in [0.25, 0.3) is 0 Å². The molecule has 0 saturated carbocycles. The lowest BCUT2D eigenvalue weighted by Crippen LogP contribution is -2.39. The lowest BCUT2D eigenvalue weighted by molar-refractivity contribution is -0.136. The Morgan fingerprint density at radius 1 is 0.795 bits per heavy atom. The van der Waals surface area contributed by atoms with Gasteiger partial charge in [0.25, 0.3) is 0 Å². The van der Waals surface area contributed by atoms with Crippen LogP contribution < -0.4 is 20.3 Å². The fraction of sp³-hybridized carbons (Fsp3) is 0.300. The number of nitrogens with zero attached hydrogens (tertiary/aromatic N) is 3. The van der Waals surface area contributed by atoms with E-state index >= 15 is 0 Å². The number of ether oxygens (including phenoxy) is 1. The van der Waals surface area contributed by atoms with E-state index in [2.05, 4.69) is 15.5 Å². The van der Waals surface area contributed by atoms with Crippen molar-refractivity contribution in [3.05, 3.63) is 78.9 Å². The summed E-state index contributed by atoms with van der Waals surface area (Å²) < 4.78 is 5.78. The highest BCUT2D eigenvalue weighted by Gasteiger charge is 2.28. The highest BCUT2D eigenvalue weighted by Crippen LogP contribution is 2.25. The molecule has 3 aromatic carbocycles. The number of nitrogens with one attached hydrogen (secondary N) is 2. The van der Waals surface area contributed by atoms with E-state index in [1.54, 1.807) is 43.3 Å². The van der Waals surface area contributed by atoms with Crippen molar-refractivity contribution in [1.29, 1.82) is 0 Å². The fourth-order valence-corrected chi connectivity index (χ4v) is 4.39. The number of rotatable bonds is 9. The van der Waals surface area contributed by atoms with Gasteiger partial charge in [-0.25, -0.2) is 4.79 Å². The molecule has 0 bridgehead atoms. The van der Waals surface area contributed by atoms with Gasteiger partial charge in [0.1, 0.15) is 11.5 Å². The Bertz CT molecular complexity index is 1260. The number of carbonyl (C=O) groups excluding carboxylic acids is 3. The number of benzene rings is 3. The van der Waals surface area contributed by atoms with E-state index in [4.69, 9.17) is 4.74 Å².